The van der Waals surface area contributed by atoms with Crippen molar-refractivity contribution in [2.75, 3.05) is 13.2 Å². The van der Waals surface area contributed by atoms with Gasteiger partial charge in [-0.2, -0.15) is 0 Å². The van der Waals surface area contributed by atoms with Crippen LogP contribution in [0.3, 0.4) is 0 Å². The quantitative estimate of drug-likeness (QED) is 0.534. The molecule has 5 rings (SSSR count). The summed E-state index contributed by atoms with van der Waals surface area (Å²) in [5, 5.41) is 0. The van der Waals surface area contributed by atoms with Crippen molar-refractivity contribution in [3.8, 4) is 11.5 Å². The van der Waals surface area contributed by atoms with Crippen LogP contribution in [0.15, 0.2) is 77.7 Å². The Labute approximate surface area is 173 Å². The highest BCUT2D eigenvalue weighted by Crippen LogP contribution is 2.34. The maximum absolute atomic E-state index is 13.5. The Bertz CT molecular complexity index is 1330. The van der Waals surface area contributed by atoms with Gasteiger partial charge in [0.2, 0.25) is 9.84 Å². The summed E-state index contributed by atoms with van der Waals surface area (Å²) >= 11 is 0. The lowest BCUT2D eigenvalue weighted by atomic mass is 10.2. The van der Waals surface area contributed by atoms with E-state index in [1.165, 1.54) is 0 Å². The fourth-order valence-corrected chi connectivity index (χ4v) is 4.78. The van der Waals surface area contributed by atoms with Crippen molar-refractivity contribution in [1.82, 2.24) is 9.97 Å². The normalized spacial score (nSPS) is 14.1. The zero-order chi connectivity index (χ0) is 20.6. The van der Waals surface area contributed by atoms with Crippen LogP contribution in [0.4, 0.5) is 0 Å². The second-order valence-electron chi connectivity index (χ2n) is 6.83. The average Bonchev–Trinajstić information content (AvgIpc) is 3.21. The number of nitrogens with zero attached hydrogens (tertiary/aromatic N) is 1. The number of hydrogen-bond donors (Lipinski definition) is 1. The van der Waals surface area contributed by atoms with E-state index in [1.807, 2.05) is 24.3 Å². The average molecular weight is 418 g/mol. The van der Waals surface area contributed by atoms with Crippen molar-refractivity contribution in [3.63, 3.8) is 0 Å². The molecule has 150 valence electrons. The molecule has 3 aromatic carbocycles. The van der Waals surface area contributed by atoms with Crippen LogP contribution in [0, 0.1) is 0 Å². The Balaban J connectivity index is 1.69. The number of nitrogens with one attached hydrogen (secondary N) is 1. The third-order valence-corrected chi connectivity index (χ3v) is 6.61. The van der Waals surface area contributed by atoms with E-state index in [0.717, 1.165) is 5.52 Å². The minimum atomic E-state index is -3.83. The number of sulfone groups is 1. The van der Waals surface area contributed by atoms with Gasteiger partial charge in [0.1, 0.15) is 23.9 Å². The van der Waals surface area contributed by atoms with Crippen LogP contribution in [0.1, 0.15) is 11.4 Å². The minimum Gasteiger partial charge on any atom is -0.486 e. The molecule has 30 heavy (non-hydrogen) atoms. The number of H-pyrrole nitrogens is 1. The Morgan fingerprint density at radius 2 is 1.63 bits per heavy atom. The molecule has 0 spiro atoms. The molecular weight excluding hydrogens is 400 g/mol. The molecule has 0 saturated heterocycles. The number of aromatic nitrogens is 2. The molecule has 0 amide bonds. The van der Waals surface area contributed by atoms with Gasteiger partial charge in [0.05, 0.1) is 15.9 Å². The summed E-state index contributed by atoms with van der Waals surface area (Å²) in [4.78, 5) is 7.96. The van der Waals surface area contributed by atoms with E-state index in [0.29, 0.717) is 35.8 Å². The zero-order valence-electron chi connectivity index (χ0n) is 15.9. The van der Waals surface area contributed by atoms with Crippen LogP contribution in [0.25, 0.3) is 22.0 Å². The summed E-state index contributed by atoms with van der Waals surface area (Å²) in [6.45, 7) is 0.952. The first-order chi connectivity index (χ1) is 14.6. The number of imidazole rings is 1. The SMILES string of the molecule is O=S(=O)(/C(=C/c1ccc2c(c1)OCCO2)c1nc2ccccc2[nH]1)c1ccccc1. The zero-order valence-corrected chi connectivity index (χ0v) is 16.7. The molecular formula is C23H18N2O4S. The number of hydrogen-bond acceptors (Lipinski definition) is 5. The van der Waals surface area contributed by atoms with Crippen molar-refractivity contribution in [1.29, 1.82) is 0 Å². The Morgan fingerprint density at radius 3 is 2.43 bits per heavy atom. The lowest BCUT2D eigenvalue weighted by Gasteiger charge is -2.18. The first-order valence-electron chi connectivity index (χ1n) is 9.48. The highest BCUT2D eigenvalue weighted by molar-refractivity contribution is 8.00. The molecule has 0 saturated carbocycles. The topological polar surface area (TPSA) is 81.3 Å². The monoisotopic (exact) mass is 418 g/mol. The fourth-order valence-electron chi connectivity index (χ4n) is 3.37. The van der Waals surface area contributed by atoms with Gasteiger partial charge in [0.15, 0.2) is 11.5 Å². The van der Waals surface area contributed by atoms with Crippen LogP contribution in [0.5, 0.6) is 11.5 Å². The molecule has 7 heteroatoms. The first kappa shape index (κ1) is 18.4. The smallest absolute Gasteiger partial charge is 0.210 e. The van der Waals surface area contributed by atoms with Crippen molar-refractivity contribution in [2.45, 2.75) is 4.90 Å². The molecule has 0 aliphatic carbocycles. The van der Waals surface area contributed by atoms with Crippen molar-refractivity contribution < 1.29 is 17.9 Å². The minimum absolute atomic E-state index is 0.0848. The van der Waals surface area contributed by atoms with E-state index in [9.17, 15) is 8.42 Å². The number of aromatic amines is 1. The summed E-state index contributed by atoms with van der Waals surface area (Å²) in [5.41, 5.74) is 2.14. The van der Waals surface area contributed by atoms with Crippen LogP contribution < -0.4 is 9.47 Å². The third-order valence-electron chi connectivity index (χ3n) is 4.83. The number of ether oxygens (including phenoxy) is 2. The number of rotatable bonds is 4. The van der Waals surface area contributed by atoms with E-state index in [1.54, 1.807) is 54.6 Å². The van der Waals surface area contributed by atoms with E-state index in [-0.39, 0.29) is 15.6 Å². The van der Waals surface area contributed by atoms with E-state index >= 15 is 0 Å². The summed E-state index contributed by atoms with van der Waals surface area (Å²) < 4.78 is 38.2. The van der Waals surface area contributed by atoms with Gasteiger partial charge in [-0.05, 0) is 48.0 Å². The highest BCUT2D eigenvalue weighted by atomic mass is 32.2. The molecule has 0 radical (unpaired) electrons. The van der Waals surface area contributed by atoms with Gasteiger partial charge in [0, 0.05) is 0 Å². The molecule has 1 aromatic heterocycles. The lowest BCUT2D eigenvalue weighted by Crippen LogP contribution is -2.15. The molecule has 6 nitrogen and oxygen atoms in total. The van der Waals surface area contributed by atoms with Gasteiger partial charge < -0.3 is 14.5 Å². The van der Waals surface area contributed by atoms with Gasteiger partial charge in [-0.1, -0.05) is 36.4 Å². The number of para-hydroxylation sites is 2. The molecule has 1 aliphatic rings. The number of fused-ring (bicyclic) bond motifs is 2. The first-order valence-corrected chi connectivity index (χ1v) is 11.0. The predicted octanol–water partition coefficient (Wildman–Crippen LogP) is 4.31. The van der Waals surface area contributed by atoms with Gasteiger partial charge in [0.25, 0.3) is 0 Å². The molecule has 0 atom stereocenters. The van der Waals surface area contributed by atoms with Crippen LogP contribution in [-0.4, -0.2) is 31.6 Å². The summed E-state index contributed by atoms with van der Waals surface area (Å²) in [5.74, 6) is 1.53. The van der Waals surface area contributed by atoms with Crippen molar-refractivity contribution >= 4 is 31.9 Å². The van der Waals surface area contributed by atoms with E-state index < -0.39 is 9.84 Å². The van der Waals surface area contributed by atoms with Gasteiger partial charge in [-0.15, -0.1) is 0 Å². The molecule has 1 N–H and O–H groups in total. The molecule has 2 heterocycles. The van der Waals surface area contributed by atoms with Crippen LogP contribution in [0.2, 0.25) is 0 Å². The second-order valence-corrected chi connectivity index (χ2v) is 8.75. The molecule has 0 unspecified atom stereocenters. The van der Waals surface area contributed by atoms with Crippen molar-refractivity contribution in [2.24, 2.45) is 0 Å². The van der Waals surface area contributed by atoms with Crippen molar-refractivity contribution in [3.05, 3.63) is 84.2 Å². The predicted molar refractivity (Wildman–Crippen MR) is 115 cm³/mol. The third kappa shape index (κ3) is 3.33. The largest absolute Gasteiger partial charge is 0.486 e. The molecule has 0 bridgehead atoms. The molecule has 4 aromatic rings. The Morgan fingerprint density at radius 1 is 0.900 bits per heavy atom. The standard InChI is InChI=1S/C23H18N2O4S/c26-30(27,17-6-2-1-3-7-17)22(23-24-18-8-4-5-9-19(18)25-23)15-16-10-11-20-21(14-16)29-13-12-28-20/h1-11,14-15H,12-13H2,(H,24,25)/b22-15+. The molecule has 1 aliphatic heterocycles. The maximum Gasteiger partial charge on any atom is 0.210 e. The van der Waals surface area contributed by atoms with Gasteiger partial charge in [-0.3, -0.25) is 0 Å². The van der Waals surface area contributed by atoms with Gasteiger partial charge in [-0.25, -0.2) is 13.4 Å². The summed E-state index contributed by atoms with van der Waals surface area (Å²) in [7, 11) is -3.83. The lowest BCUT2D eigenvalue weighted by molar-refractivity contribution is 0.171. The summed E-state index contributed by atoms with van der Waals surface area (Å²) in [6, 6.07) is 21.1. The Hall–Kier alpha value is -3.58. The van der Waals surface area contributed by atoms with Gasteiger partial charge >= 0.3 is 0 Å². The maximum atomic E-state index is 13.5. The summed E-state index contributed by atoms with van der Waals surface area (Å²) in [6.07, 6.45) is 1.61. The number of benzene rings is 3. The highest BCUT2D eigenvalue weighted by Gasteiger charge is 2.25. The van der Waals surface area contributed by atoms with E-state index in [4.69, 9.17) is 9.47 Å². The molecule has 0 fully saturated rings. The Kier molecular flexibility index (Phi) is 4.52. The fraction of sp³-hybridized carbons (Fsp3) is 0.0870. The second kappa shape index (κ2) is 7.35. The van der Waals surface area contributed by atoms with Crippen LogP contribution >= 0.6 is 0 Å². The van der Waals surface area contributed by atoms with Crippen LogP contribution in [-0.2, 0) is 9.84 Å². The van der Waals surface area contributed by atoms with E-state index in [2.05, 4.69) is 9.97 Å².